The molecular weight excluding hydrogens is 274 g/mol. The van der Waals surface area contributed by atoms with Crippen LogP contribution in [0.4, 0.5) is 0 Å². The van der Waals surface area contributed by atoms with Crippen LogP contribution in [0.2, 0.25) is 0 Å². The smallest absolute Gasteiger partial charge is 0.225 e. The van der Waals surface area contributed by atoms with Gasteiger partial charge < -0.3 is 14.8 Å². The van der Waals surface area contributed by atoms with E-state index in [0.29, 0.717) is 24.5 Å². The number of carbonyl (C=O) groups is 1. The molecular formula is C15H17NO3S. The molecule has 0 saturated carbocycles. The number of methoxy groups -OCH3 is 2. The molecule has 0 radical (unpaired) electrons. The van der Waals surface area contributed by atoms with Crippen molar-refractivity contribution in [2.75, 3.05) is 14.2 Å². The Hall–Kier alpha value is -2.01. The molecule has 0 aliphatic rings. The van der Waals surface area contributed by atoms with E-state index >= 15 is 0 Å². The molecule has 20 heavy (non-hydrogen) atoms. The zero-order chi connectivity index (χ0) is 14.4. The monoisotopic (exact) mass is 291 g/mol. The maximum absolute atomic E-state index is 11.8. The number of rotatable bonds is 6. The van der Waals surface area contributed by atoms with E-state index in [1.807, 2.05) is 29.6 Å². The molecule has 1 aromatic carbocycles. The number of carbonyl (C=O) groups excluding carboxylic acids is 1. The van der Waals surface area contributed by atoms with Crippen LogP contribution in [0.3, 0.4) is 0 Å². The molecule has 1 N–H and O–H groups in total. The first kappa shape index (κ1) is 14.4. The lowest BCUT2D eigenvalue weighted by Crippen LogP contribution is -2.24. The van der Waals surface area contributed by atoms with Crippen LogP contribution in [0, 0.1) is 0 Å². The highest BCUT2D eigenvalue weighted by Gasteiger charge is 2.06. The van der Waals surface area contributed by atoms with E-state index in [2.05, 4.69) is 5.32 Å². The summed E-state index contributed by atoms with van der Waals surface area (Å²) in [5, 5.41) is 4.86. The molecule has 0 unspecified atom stereocenters. The minimum Gasteiger partial charge on any atom is -0.497 e. The SMILES string of the molecule is COc1cc(CNC(=O)Cc2cccs2)cc(OC)c1. The van der Waals surface area contributed by atoms with Crippen molar-refractivity contribution in [2.24, 2.45) is 0 Å². The van der Waals surface area contributed by atoms with Gasteiger partial charge in [0.25, 0.3) is 0 Å². The Kier molecular flexibility index (Phi) is 5.01. The Bertz CT molecular complexity index is 544. The third-order valence-corrected chi connectivity index (χ3v) is 3.69. The van der Waals surface area contributed by atoms with Gasteiger partial charge >= 0.3 is 0 Å². The number of hydrogen-bond donors (Lipinski definition) is 1. The number of thiophene rings is 1. The van der Waals surface area contributed by atoms with Crippen LogP contribution in [-0.4, -0.2) is 20.1 Å². The predicted molar refractivity (Wildman–Crippen MR) is 79.4 cm³/mol. The van der Waals surface area contributed by atoms with Gasteiger partial charge in [0.05, 0.1) is 20.6 Å². The van der Waals surface area contributed by atoms with Gasteiger partial charge in [0.2, 0.25) is 5.91 Å². The molecule has 0 bridgehead atoms. The van der Waals surface area contributed by atoms with Crippen molar-refractivity contribution in [2.45, 2.75) is 13.0 Å². The first-order valence-corrected chi connectivity index (χ1v) is 7.10. The first-order valence-electron chi connectivity index (χ1n) is 6.22. The summed E-state index contributed by atoms with van der Waals surface area (Å²) >= 11 is 1.58. The molecule has 1 heterocycles. The van der Waals surface area contributed by atoms with Crippen LogP contribution in [0.1, 0.15) is 10.4 Å². The quantitative estimate of drug-likeness (QED) is 0.890. The minimum absolute atomic E-state index is 0.00855. The van der Waals surface area contributed by atoms with Crippen LogP contribution < -0.4 is 14.8 Å². The van der Waals surface area contributed by atoms with E-state index in [4.69, 9.17) is 9.47 Å². The van der Waals surface area contributed by atoms with Gasteiger partial charge in [-0.05, 0) is 29.1 Å². The third-order valence-electron chi connectivity index (χ3n) is 2.82. The summed E-state index contributed by atoms with van der Waals surface area (Å²) < 4.78 is 10.4. The van der Waals surface area contributed by atoms with Crippen molar-refractivity contribution in [3.05, 3.63) is 46.2 Å². The van der Waals surface area contributed by atoms with E-state index in [9.17, 15) is 4.79 Å². The van der Waals surface area contributed by atoms with Gasteiger partial charge in [-0.3, -0.25) is 4.79 Å². The lowest BCUT2D eigenvalue weighted by molar-refractivity contribution is -0.120. The Labute approximate surface area is 122 Å². The number of ether oxygens (including phenoxy) is 2. The summed E-state index contributed by atoms with van der Waals surface area (Å²) in [4.78, 5) is 12.9. The molecule has 1 amide bonds. The Balaban J connectivity index is 1.94. The van der Waals surface area contributed by atoms with Gasteiger partial charge in [-0.1, -0.05) is 6.07 Å². The van der Waals surface area contributed by atoms with Crippen LogP contribution in [0.15, 0.2) is 35.7 Å². The second-order valence-electron chi connectivity index (χ2n) is 4.25. The molecule has 1 aromatic heterocycles. The number of benzene rings is 1. The number of nitrogens with one attached hydrogen (secondary N) is 1. The molecule has 5 heteroatoms. The van der Waals surface area contributed by atoms with Crippen LogP contribution >= 0.6 is 11.3 Å². The topological polar surface area (TPSA) is 47.6 Å². The van der Waals surface area contributed by atoms with E-state index in [0.717, 1.165) is 10.4 Å². The van der Waals surface area contributed by atoms with Crippen molar-refractivity contribution in [1.29, 1.82) is 0 Å². The lowest BCUT2D eigenvalue weighted by atomic mass is 10.2. The van der Waals surface area contributed by atoms with Gasteiger partial charge in [-0.25, -0.2) is 0 Å². The van der Waals surface area contributed by atoms with Crippen molar-refractivity contribution in [1.82, 2.24) is 5.32 Å². The summed E-state index contributed by atoms with van der Waals surface area (Å²) in [6, 6.07) is 9.47. The van der Waals surface area contributed by atoms with Crippen molar-refractivity contribution in [3.63, 3.8) is 0 Å². The molecule has 0 saturated heterocycles. The highest BCUT2D eigenvalue weighted by Crippen LogP contribution is 2.22. The average Bonchev–Trinajstić information content (AvgIpc) is 2.97. The van der Waals surface area contributed by atoms with Gasteiger partial charge in [0.15, 0.2) is 0 Å². The third kappa shape index (κ3) is 3.99. The van der Waals surface area contributed by atoms with Crippen molar-refractivity contribution >= 4 is 17.2 Å². The molecule has 2 aromatic rings. The largest absolute Gasteiger partial charge is 0.497 e. The van der Waals surface area contributed by atoms with Gasteiger partial charge in [0.1, 0.15) is 11.5 Å². The fraction of sp³-hybridized carbons (Fsp3) is 0.267. The lowest BCUT2D eigenvalue weighted by Gasteiger charge is -2.09. The first-order chi connectivity index (χ1) is 9.71. The maximum atomic E-state index is 11.8. The summed E-state index contributed by atoms with van der Waals surface area (Å²) in [6.07, 6.45) is 0.415. The predicted octanol–water partition coefficient (Wildman–Crippen LogP) is 2.62. The molecule has 4 nitrogen and oxygen atoms in total. The Morgan fingerprint density at radius 1 is 1.20 bits per heavy atom. The van der Waals surface area contributed by atoms with Gasteiger partial charge in [-0.2, -0.15) is 0 Å². The van der Waals surface area contributed by atoms with Gasteiger partial charge in [-0.15, -0.1) is 11.3 Å². The zero-order valence-electron chi connectivity index (χ0n) is 11.5. The minimum atomic E-state index is 0.00855. The summed E-state index contributed by atoms with van der Waals surface area (Å²) in [5.74, 6) is 1.44. The van der Waals surface area contributed by atoms with Crippen LogP contribution in [0.25, 0.3) is 0 Å². The number of amides is 1. The Morgan fingerprint density at radius 2 is 1.90 bits per heavy atom. The molecule has 2 rings (SSSR count). The molecule has 106 valence electrons. The van der Waals surface area contributed by atoms with E-state index < -0.39 is 0 Å². The molecule has 0 aliphatic heterocycles. The normalized spacial score (nSPS) is 10.1. The van der Waals surface area contributed by atoms with E-state index in [1.54, 1.807) is 31.6 Å². The van der Waals surface area contributed by atoms with E-state index in [-0.39, 0.29) is 5.91 Å². The van der Waals surface area contributed by atoms with E-state index in [1.165, 1.54) is 0 Å². The molecule has 0 fully saturated rings. The molecule has 0 aliphatic carbocycles. The summed E-state index contributed by atoms with van der Waals surface area (Å²) in [6.45, 7) is 0.456. The fourth-order valence-electron chi connectivity index (χ4n) is 1.80. The highest BCUT2D eigenvalue weighted by atomic mass is 32.1. The van der Waals surface area contributed by atoms with Crippen molar-refractivity contribution in [3.8, 4) is 11.5 Å². The summed E-state index contributed by atoms with van der Waals surface area (Å²) in [7, 11) is 3.21. The average molecular weight is 291 g/mol. The molecule has 0 spiro atoms. The van der Waals surface area contributed by atoms with Crippen molar-refractivity contribution < 1.29 is 14.3 Å². The summed E-state index contributed by atoms with van der Waals surface area (Å²) in [5.41, 5.74) is 0.945. The van der Waals surface area contributed by atoms with Crippen LogP contribution in [0.5, 0.6) is 11.5 Å². The van der Waals surface area contributed by atoms with Crippen LogP contribution in [-0.2, 0) is 17.8 Å². The van der Waals surface area contributed by atoms with Gasteiger partial charge in [0, 0.05) is 17.5 Å². The molecule has 0 atom stereocenters. The Morgan fingerprint density at radius 3 is 2.45 bits per heavy atom. The zero-order valence-corrected chi connectivity index (χ0v) is 12.3. The maximum Gasteiger partial charge on any atom is 0.225 e. The fourth-order valence-corrected chi connectivity index (χ4v) is 2.51. The number of hydrogen-bond acceptors (Lipinski definition) is 4. The second kappa shape index (κ2) is 6.96. The highest BCUT2D eigenvalue weighted by molar-refractivity contribution is 7.10. The second-order valence-corrected chi connectivity index (χ2v) is 5.29. The standard InChI is InChI=1S/C15H17NO3S/c1-18-12-6-11(7-13(8-12)19-2)10-16-15(17)9-14-4-3-5-20-14/h3-8H,9-10H2,1-2H3,(H,16,17).